The van der Waals surface area contributed by atoms with Crippen LogP contribution in [0.5, 0.6) is 0 Å². The molecule has 1 fully saturated rings. The van der Waals surface area contributed by atoms with Crippen molar-refractivity contribution >= 4 is 0 Å². The minimum absolute atomic E-state index is 0.194. The Morgan fingerprint density at radius 1 is 1.36 bits per heavy atom. The molecular formula is C10H22O. The van der Waals surface area contributed by atoms with Crippen LogP contribution in [0.3, 0.4) is 0 Å². The Hall–Kier alpha value is -0.0400. The minimum atomic E-state index is 0.194. The van der Waals surface area contributed by atoms with Crippen molar-refractivity contribution in [2.75, 3.05) is 7.11 Å². The average molecular weight is 158 g/mol. The summed E-state index contributed by atoms with van der Waals surface area (Å²) in [7, 11) is 1.82. The van der Waals surface area contributed by atoms with Crippen molar-refractivity contribution in [3.05, 3.63) is 0 Å². The first-order valence-electron chi connectivity index (χ1n) is 4.74. The molecule has 0 radical (unpaired) electrons. The summed E-state index contributed by atoms with van der Waals surface area (Å²) in [5, 5.41) is 0. The van der Waals surface area contributed by atoms with Crippen molar-refractivity contribution in [1.29, 1.82) is 0 Å². The topological polar surface area (TPSA) is 9.23 Å². The number of rotatable bonds is 1. The van der Waals surface area contributed by atoms with Gasteiger partial charge in [-0.3, -0.25) is 0 Å². The molecule has 1 rings (SSSR count). The second kappa shape index (κ2) is 4.76. The van der Waals surface area contributed by atoms with E-state index in [0.29, 0.717) is 0 Å². The van der Waals surface area contributed by atoms with Gasteiger partial charge in [-0.15, -0.1) is 0 Å². The smallest absolute Gasteiger partial charge is 0.0676 e. The van der Waals surface area contributed by atoms with Crippen molar-refractivity contribution in [1.82, 2.24) is 0 Å². The first kappa shape index (κ1) is 11.0. The Bertz CT molecular complexity index is 101. The fourth-order valence-electron chi connectivity index (χ4n) is 1.61. The van der Waals surface area contributed by atoms with Gasteiger partial charge in [-0.25, -0.2) is 0 Å². The molecule has 2 unspecified atom stereocenters. The molecule has 0 saturated heterocycles. The lowest BCUT2D eigenvalue weighted by Crippen LogP contribution is -2.29. The van der Waals surface area contributed by atoms with Crippen LogP contribution in [0.4, 0.5) is 0 Å². The quantitative estimate of drug-likeness (QED) is 0.569. The van der Waals surface area contributed by atoms with Crippen LogP contribution in [-0.4, -0.2) is 12.7 Å². The van der Waals surface area contributed by atoms with Crippen LogP contribution in [0.15, 0.2) is 0 Å². The molecule has 0 N–H and O–H groups in total. The van der Waals surface area contributed by atoms with E-state index in [0.717, 1.165) is 5.92 Å². The summed E-state index contributed by atoms with van der Waals surface area (Å²) in [5.74, 6) is 0.752. The highest BCUT2D eigenvalue weighted by Gasteiger charge is 2.35. The van der Waals surface area contributed by atoms with Crippen LogP contribution in [0, 0.1) is 5.92 Å². The summed E-state index contributed by atoms with van der Waals surface area (Å²) < 4.78 is 5.41. The zero-order chi connectivity index (χ0) is 8.91. The van der Waals surface area contributed by atoms with Crippen LogP contribution >= 0.6 is 0 Å². The van der Waals surface area contributed by atoms with Gasteiger partial charge in [-0.05, 0) is 25.7 Å². The number of ether oxygens (including phenoxy) is 1. The Kier molecular flexibility index (Phi) is 4.74. The second-order valence-corrected chi connectivity index (χ2v) is 3.31. The zero-order valence-electron chi connectivity index (χ0n) is 8.61. The van der Waals surface area contributed by atoms with Gasteiger partial charge in [0.15, 0.2) is 0 Å². The number of hydrogen-bond donors (Lipinski definition) is 0. The van der Waals surface area contributed by atoms with Crippen molar-refractivity contribution in [3.8, 4) is 0 Å². The second-order valence-electron chi connectivity index (χ2n) is 3.31. The molecule has 1 aliphatic rings. The SMILES string of the molecule is CC.COC1(C)CCCC1C. The lowest BCUT2D eigenvalue weighted by Gasteiger charge is -2.27. The molecule has 1 nitrogen and oxygen atoms in total. The Balaban J connectivity index is 0.000000461. The molecule has 1 aliphatic carbocycles. The standard InChI is InChI=1S/C8H16O.C2H6/c1-7-5-4-6-8(7,2)9-3;1-2/h7H,4-6H2,1-3H3;1-2H3. The van der Waals surface area contributed by atoms with Gasteiger partial charge in [0.2, 0.25) is 0 Å². The summed E-state index contributed by atoms with van der Waals surface area (Å²) in [5.41, 5.74) is 0.194. The van der Waals surface area contributed by atoms with Gasteiger partial charge in [-0.2, -0.15) is 0 Å². The maximum atomic E-state index is 5.41. The van der Waals surface area contributed by atoms with Crippen molar-refractivity contribution in [2.45, 2.75) is 52.6 Å². The first-order valence-corrected chi connectivity index (χ1v) is 4.74. The molecule has 0 aromatic carbocycles. The summed E-state index contributed by atoms with van der Waals surface area (Å²) >= 11 is 0. The van der Waals surface area contributed by atoms with Gasteiger partial charge in [-0.1, -0.05) is 27.2 Å². The lowest BCUT2D eigenvalue weighted by molar-refractivity contribution is -0.0196. The highest BCUT2D eigenvalue weighted by Crippen LogP contribution is 2.37. The van der Waals surface area contributed by atoms with E-state index in [1.54, 1.807) is 0 Å². The number of hydrogen-bond acceptors (Lipinski definition) is 1. The van der Waals surface area contributed by atoms with E-state index in [1.165, 1.54) is 19.3 Å². The van der Waals surface area contributed by atoms with E-state index in [4.69, 9.17) is 4.74 Å². The molecule has 0 aromatic heterocycles. The molecule has 11 heavy (non-hydrogen) atoms. The summed E-state index contributed by atoms with van der Waals surface area (Å²) in [6, 6.07) is 0. The monoisotopic (exact) mass is 158 g/mol. The van der Waals surface area contributed by atoms with Crippen molar-refractivity contribution < 1.29 is 4.74 Å². The third kappa shape index (κ3) is 2.48. The maximum absolute atomic E-state index is 5.41. The fraction of sp³-hybridized carbons (Fsp3) is 1.00. The van der Waals surface area contributed by atoms with Crippen LogP contribution < -0.4 is 0 Å². The van der Waals surface area contributed by atoms with Gasteiger partial charge in [0, 0.05) is 7.11 Å². The highest BCUT2D eigenvalue weighted by atomic mass is 16.5. The minimum Gasteiger partial charge on any atom is -0.378 e. The number of methoxy groups -OCH3 is 1. The molecule has 0 spiro atoms. The van der Waals surface area contributed by atoms with E-state index in [-0.39, 0.29) is 5.60 Å². The molecule has 0 bridgehead atoms. The molecule has 0 aromatic rings. The maximum Gasteiger partial charge on any atom is 0.0676 e. The molecule has 0 amide bonds. The third-order valence-electron chi connectivity index (χ3n) is 2.82. The lowest BCUT2D eigenvalue weighted by atomic mass is 9.95. The van der Waals surface area contributed by atoms with E-state index in [1.807, 2.05) is 21.0 Å². The molecule has 1 saturated carbocycles. The van der Waals surface area contributed by atoms with E-state index >= 15 is 0 Å². The molecule has 68 valence electrons. The Labute approximate surface area is 71.1 Å². The first-order chi connectivity index (χ1) is 5.19. The van der Waals surface area contributed by atoms with Crippen LogP contribution in [-0.2, 0) is 4.74 Å². The zero-order valence-corrected chi connectivity index (χ0v) is 8.61. The van der Waals surface area contributed by atoms with E-state index in [9.17, 15) is 0 Å². The highest BCUT2D eigenvalue weighted by molar-refractivity contribution is 4.86. The normalized spacial score (nSPS) is 36.3. The molecule has 2 atom stereocenters. The third-order valence-corrected chi connectivity index (χ3v) is 2.82. The summed E-state index contributed by atoms with van der Waals surface area (Å²) in [4.78, 5) is 0. The Morgan fingerprint density at radius 2 is 1.91 bits per heavy atom. The van der Waals surface area contributed by atoms with Crippen LogP contribution in [0.2, 0.25) is 0 Å². The molecule has 1 heteroatoms. The summed E-state index contributed by atoms with van der Waals surface area (Å²) in [6.07, 6.45) is 3.92. The van der Waals surface area contributed by atoms with Gasteiger partial charge in [0.1, 0.15) is 0 Å². The average Bonchev–Trinajstić information content (AvgIpc) is 2.38. The molecule has 0 aliphatic heterocycles. The van der Waals surface area contributed by atoms with Gasteiger partial charge in [0.05, 0.1) is 5.60 Å². The largest absolute Gasteiger partial charge is 0.378 e. The summed E-state index contributed by atoms with van der Waals surface area (Å²) in [6.45, 7) is 8.49. The predicted molar refractivity (Wildman–Crippen MR) is 49.8 cm³/mol. The van der Waals surface area contributed by atoms with Crippen LogP contribution in [0.25, 0.3) is 0 Å². The van der Waals surface area contributed by atoms with Crippen LogP contribution in [0.1, 0.15) is 47.0 Å². The molecular weight excluding hydrogens is 136 g/mol. The van der Waals surface area contributed by atoms with Gasteiger partial charge in [0.25, 0.3) is 0 Å². The van der Waals surface area contributed by atoms with E-state index < -0.39 is 0 Å². The van der Waals surface area contributed by atoms with E-state index in [2.05, 4.69) is 13.8 Å². The van der Waals surface area contributed by atoms with Gasteiger partial charge >= 0.3 is 0 Å². The Morgan fingerprint density at radius 3 is 2.09 bits per heavy atom. The predicted octanol–water partition coefficient (Wildman–Crippen LogP) is 3.24. The van der Waals surface area contributed by atoms with Gasteiger partial charge < -0.3 is 4.74 Å². The van der Waals surface area contributed by atoms with Crippen molar-refractivity contribution in [3.63, 3.8) is 0 Å². The van der Waals surface area contributed by atoms with Crippen molar-refractivity contribution in [2.24, 2.45) is 5.92 Å². The fourth-order valence-corrected chi connectivity index (χ4v) is 1.61. The molecule has 0 heterocycles.